The molecule has 1 aliphatic rings. The number of para-hydroxylation sites is 2. The SMILES string of the molecule is CC(C)[C@@H](NC(=O)CCc1ccc2c(c1)CCO2)c1nc2ccccc2[nH]1. The van der Waals surface area contributed by atoms with Crippen LogP contribution in [0.4, 0.5) is 0 Å². The van der Waals surface area contributed by atoms with E-state index in [-0.39, 0.29) is 17.9 Å². The van der Waals surface area contributed by atoms with Crippen molar-refractivity contribution in [3.63, 3.8) is 0 Å². The Bertz CT molecular complexity index is 928. The van der Waals surface area contributed by atoms with Crippen LogP contribution in [0.25, 0.3) is 11.0 Å². The summed E-state index contributed by atoms with van der Waals surface area (Å²) in [5, 5.41) is 3.16. The molecule has 140 valence electrons. The highest BCUT2D eigenvalue weighted by atomic mass is 16.5. The number of nitrogens with one attached hydrogen (secondary N) is 2. The van der Waals surface area contributed by atoms with Crippen LogP contribution < -0.4 is 10.1 Å². The molecule has 0 saturated heterocycles. The zero-order valence-electron chi connectivity index (χ0n) is 15.8. The van der Waals surface area contributed by atoms with E-state index < -0.39 is 0 Å². The minimum atomic E-state index is -0.127. The monoisotopic (exact) mass is 363 g/mol. The summed E-state index contributed by atoms with van der Waals surface area (Å²) in [5.41, 5.74) is 4.34. The number of aromatic amines is 1. The summed E-state index contributed by atoms with van der Waals surface area (Å²) < 4.78 is 5.54. The second-order valence-electron chi connectivity index (χ2n) is 7.47. The molecule has 5 nitrogen and oxygen atoms in total. The van der Waals surface area contributed by atoms with Gasteiger partial charge in [-0.3, -0.25) is 4.79 Å². The summed E-state index contributed by atoms with van der Waals surface area (Å²) in [6.07, 6.45) is 2.14. The number of hydrogen-bond acceptors (Lipinski definition) is 3. The number of carbonyl (C=O) groups excluding carboxylic acids is 1. The molecule has 2 aromatic carbocycles. The zero-order chi connectivity index (χ0) is 18.8. The lowest BCUT2D eigenvalue weighted by Gasteiger charge is -2.20. The van der Waals surface area contributed by atoms with E-state index in [9.17, 15) is 4.79 Å². The molecule has 0 radical (unpaired) electrons. The molecule has 3 aromatic rings. The first-order chi connectivity index (χ1) is 13.1. The molecule has 27 heavy (non-hydrogen) atoms. The fourth-order valence-corrected chi connectivity index (χ4v) is 3.57. The Morgan fingerprint density at radius 2 is 2.11 bits per heavy atom. The van der Waals surface area contributed by atoms with Crippen molar-refractivity contribution in [3.05, 3.63) is 59.4 Å². The van der Waals surface area contributed by atoms with Crippen molar-refractivity contribution in [1.29, 1.82) is 0 Å². The van der Waals surface area contributed by atoms with Crippen LogP contribution in [0.1, 0.15) is 43.3 Å². The first-order valence-corrected chi connectivity index (χ1v) is 9.59. The average Bonchev–Trinajstić information content (AvgIpc) is 3.29. The first-order valence-electron chi connectivity index (χ1n) is 9.59. The number of H-pyrrole nitrogens is 1. The lowest BCUT2D eigenvalue weighted by Crippen LogP contribution is -2.32. The number of hydrogen-bond donors (Lipinski definition) is 2. The topological polar surface area (TPSA) is 67.0 Å². The standard InChI is InChI=1S/C22H25N3O2/c1-14(2)21(22-23-17-5-3-4-6-18(17)24-22)25-20(26)10-8-15-7-9-19-16(13-15)11-12-27-19/h3-7,9,13-14,21H,8,10-12H2,1-2H3,(H,23,24)(H,25,26)/t21-/m1/s1. The molecule has 0 aliphatic carbocycles. The van der Waals surface area contributed by atoms with E-state index in [1.165, 1.54) is 11.1 Å². The van der Waals surface area contributed by atoms with Gasteiger partial charge in [-0.25, -0.2) is 4.98 Å². The third-order valence-electron chi connectivity index (χ3n) is 5.08. The molecular weight excluding hydrogens is 338 g/mol. The Balaban J connectivity index is 1.41. The molecule has 2 heterocycles. The third kappa shape index (κ3) is 3.82. The number of aromatic nitrogens is 2. The van der Waals surface area contributed by atoms with E-state index in [4.69, 9.17) is 4.74 Å². The van der Waals surface area contributed by atoms with E-state index in [2.05, 4.69) is 41.3 Å². The van der Waals surface area contributed by atoms with Gasteiger partial charge >= 0.3 is 0 Å². The van der Waals surface area contributed by atoms with Crippen molar-refractivity contribution in [2.75, 3.05) is 6.61 Å². The van der Waals surface area contributed by atoms with Gasteiger partial charge in [-0.1, -0.05) is 38.1 Å². The Hall–Kier alpha value is -2.82. The van der Waals surface area contributed by atoms with Crippen molar-refractivity contribution >= 4 is 16.9 Å². The van der Waals surface area contributed by atoms with Gasteiger partial charge in [0.05, 0.1) is 23.7 Å². The fourth-order valence-electron chi connectivity index (χ4n) is 3.57. The fraction of sp³-hybridized carbons (Fsp3) is 0.364. The van der Waals surface area contributed by atoms with E-state index in [1.807, 2.05) is 30.3 Å². The van der Waals surface area contributed by atoms with Crippen molar-refractivity contribution in [2.45, 2.75) is 39.2 Å². The lowest BCUT2D eigenvalue weighted by atomic mass is 10.0. The molecule has 1 aromatic heterocycles. The van der Waals surface area contributed by atoms with Crippen molar-refractivity contribution < 1.29 is 9.53 Å². The first kappa shape index (κ1) is 17.6. The molecule has 4 rings (SSSR count). The smallest absolute Gasteiger partial charge is 0.220 e. The molecular formula is C22H25N3O2. The van der Waals surface area contributed by atoms with Crippen LogP contribution in [0.15, 0.2) is 42.5 Å². The number of carbonyl (C=O) groups is 1. The molecule has 0 unspecified atom stereocenters. The van der Waals surface area contributed by atoms with Crippen LogP contribution >= 0.6 is 0 Å². The second kappa shape index (κ2) is 7.43. The molecule has 0 bridgehead atoms. The second-order valence-corrected chi connectivity index (χ2v) is 7.47. The molecule has 0 fully saturated rings. The Morgan fingerprint density at radius 3 is 2.93 bits per heavy atom. The van der Waals surface area contributed by atoms with E-state index in [0.29, 0.717) is 6.42 Å². The van der Waals surface area contributed by atoms with Gasteiger partial charge in [-0.2, -0.15) is 0 Å². The van der Waals surface area contributed by atoms with Gasteiger partial charge in [0.25, 0.3) is 0 Å². The minimum Gasteiger partial charge on any atom is -0.493 e. The van der Waals surface area contributed by atoms with Gasteiger partial charge in [-0.05, 0) is 41.7 Å². The van der Waals surface area contributed by atoms with Crippen molar-refractivity contribution in [3.8, 4) is 5.75 Å². The van der Waals surface area contributed by atoms with Crippen LogP contribution in [0, 0.1) is 5.92 Å². The van der Waals surface area contributed by atoms with Crippen LogP contribution in [-0.2, 0) is 17.6 Å². The van der Waals surface area contributed by atoms with Crippen LogP contribution in [0.5, 0.6) is 5.75 Å². The third-order valence-corrected chi connectivity index (χ3v) is 5.08. The average molecular weight is 363 g/mol. The van der Waals surface area contributed by atoms with Gasteiger partial charge in [-0.15, -0.1) is 0 Å². The van der Waals surface area contributed by atoms with Crippen LogP contribution in [-0.4, -0.2) is 22.5 Å². The highest BCUT2D eigenvalue weighted by Crippen LogP contribution is 2.26. The summed E-state index contributed by atoms with van der Waals surface area (Å²) in [4.78, 5) is 20.6. The lowest BCUT2D eigenvalue weighted by molar-refractivity contribution is -0.122. The number of aryl methyl sites for hydroxylation is 1. The van der Waals surface area contributed by atoms with Crippen molar-refractivity contribution in [1.82, 2.24) is 15.3 Å². The van der Waals surface area contributed by atoms with Crippen LogP contribution in [0.3, 0.4) is 0 Å². The minimum absolute atomic E-state index is 0.0471. The maximum atomic E-state index is 12.6. The number of rotatable bonds is 6. The Labute approximate surface area is 159 Å². The predicted octanol–water partition coefficient (Wildman–Crippen LogP) is 3.94. The summed E-state index contributed by atoms with van der Waals surface area (Å²) in [6, 6.07) is 14.0. The predicted molar refractivity (Wildman–Crippen MR) is 106 cm³/mol. The number of ether oxygens (including phenoxy) is 1. The van der Waals surface area contributed by atoms with Gasteiger partial charge in [0.2, 0.25) is 5.91 Å². The zero-order valence-corrected chi connectivity index (χ0v) is 15.8. The number of fused-ring (bicyclic) bond motifs is 2. The summed E-state index contributed by atoms with van der Waals surface area (Å²) in [5.74, 6) is 2.08. The van der Waals surface area contributed by atoms with E-state index >= 15 is 0 Å². The Morgan fingerprint density at radius 1 is 1.26 bits per heavy atom. The Kier molecular flexibility index (Phi) is 4.84. The molecule has 2 N–H and O–H groups in total. The highest BCUT2D eigenvalue weighted by molar-refractivity contribution is 5.77. The number of benzene rings is 2. The van der Waals surface area contributed by atoms with Crippen molar-refractivity contribution in [2.24, 2.45) is 5.92 Å². The van der Waals surface area contributed by atoms with Gasteiger partial charge in [0.1, 0.15) is 11.6 Å². The normalized spacial score (nSPS) is 14.2. The van der Waals surface area contributed by atoms with Gasteiger partial charge in [0.15, 0.2) is 0 Å². The molecule has 1 atom stereocenters. The summed E-state index contributed by atoms with van der Waals surface area (Å²) in [7, 11) is 0. The molecule has 0 spiro atoms. The maximum Gasteiger partial charge on any atom is 0.220 e. The van der Waals surface area contributed by atoms with Gasteiger partial charge < -0.3 is 15.0 Å². The summed E-state index contributed by atoms with van der Waals surface area (Å²) >= 11 is 0. The quantitative estimate of drug-likeness (QED) is 0.697. The van der Waals surface area contributed by atoms with Crippen LogP contribution in [0.2, 0.25) is 0 Å². The summed E-state index contributed by atoms with van der Waals surface area (Å²) in [6.45, 7) is 4.95. The highest BCUT2D eigenvalue weighted by Gasteiger charge is 2.22. The maximum absolute atomic E-state index is 12.6. The number of imidazole rings is 1. The van der Waals surface area contributed by atoms with E-state index in [0.717, 1.165) is 42.1 Å². The number of amides is 1. The number of nitrogens with zero attached hydrogens (tertiary/aromatic N) is 1. The largest absolute Gasteiger partial charge is 0.493 e. The van der Waals surface area contributed by atoms with Gasteiger partial charge in [0, 0.05) is 12.8 Å². The molecule has 1 aliphatic heterocycles. The molecule has 0 saturated carbocycles. The molecule has 1 amide bonds. The molecule has 5 heteroatoms. The van der Waals surface area contributed by atoms with E-state index in [1.54, 1.807) is 0 Å².